The molecule has 0 spiro atoms. The van der Waals surface area contributed by atoms with Crippen molar-refractivity contribution in [3.05, 3.63) is 23.8 Å². The van der Waals surface area contributed by atoms with Gasteiger partial charge in [0.15, 0.2) is 11.5 Å². The summed E-state index contributed by atoms with van der Waals surface area (Å²) in [6, 6.07) is 5.44. The molecule has 0 fully saturated rings. The van der Waals surface area contributed by atoms with E-state index in [1.807, 2.05) is 19.1 Å². The fraction of sp³-hybridized carbons (Fsp3) is 0.562. The van der Waals surface area contributed by atoms with Crippen LogP contribution in [0.2, 0.25) is 18.1 Å². The average Bonchev–Trinajstić information content (AvgIpc) is 2.36. The van der Waals surface area contributed by atoms with Crippen molar-refractivity contribution in [3.8, 4) is 11.5 Å². The first kappa shape index (κ1) is 16.8. The molecule has 3 nitrogen and oxygen atoms in total. The third-order valence-corrected chi connectivity index (χ3v) is 8.32. The van der Waals surface area contributed by atoms with Crippen LogP contribution < -0.4 is 9.16 Å². The lowest BCUT2D eigenvalue weighted by Crippen LogP contribution is -2.43. The van der Waals surface area contributed by atoms with Gasteiger partial charge in [-0.25, -0.2) is 0 Å². The molecule has 0 aliphatic carbocycles. The fourth-order valence-corrected chi connectivity index (χ4v) is 2.58. The summed E-state index contributed by atoms with van der Waals surface area (Å²) in [6.07, 6.45) is 0.492. The van der Waals surface area contributed by atoms with Crippen LogP contribution in [0.5, 0.6) is 11.5 Å². The number of ether oxygens (including phenoxy) is 1. The molecule has 0 bridgehead atoms. The SMILES string of the molecule is CCC(=O)c1ccc(O[Si](C)(C)C(C)(C)C)c(OC)c1. The van der Waals surface area contributed by atoms with Gasteiger partial charge in [-0.1, -0.05) is 27.7 Å². The van der Waals surface area contributed by atoms with Gasteiger partial charge in [-0.05, 0) is 36.3 Å². The van der Waals surface area contributed by atoms with Crippen LogP contribution in [0.25, 0.3) is 0 Å². The van der Waals surface area contributed by atoms with Crippen LogP contribution in [0.1, 0.15) is 44.5 Å². The second-order valence-corrected chi connectivity index (χ2v) is 11.2. The zero-order chi connectivity index (χ0) is 15.6. The quantitative estimate of drug-likeness (QED) is 0.584. The standard InChI is InChI=1S/C16H26O3Si/c1-8-13(17)12-9-10-14(15(11-12)18-5)19-20(6,7)16(2,3)4/h9-11H,8H2,1-7H3. The number of carbonyl (C=O) groups is 1. The van der Waals surface area contributed by atoms with Crippen molar-refractivity contribution < 1.29 is 14.0 Å². The van der Waals surface area contributed by atoms with E-state index in [9.17, 15) is 4.79 Å². The molecular formula is C16H26O3Si. The van der Waals surface area contributed by atoms with Crippen molar-refractivity contribution in [1.82, 2.24) is 0 Å². The Morgan fingerprint density at radius 1 is 1.20 bits per heavy atom. The highest BCUT2D eigenvalue weighted by Gasteiger charge is 2.39. The molecule has 1 aromatic rings. The minimum Gasteiger partial charge on any atom is -0.541 e. The largest absolute Gasteiger partial charge is 0.541 e. The lowest BCUT2D eigenvalue weighted by Gasteiger charge is -2.36. The highest BCUT2D eigenvalue weighted by atomic mass is 28.4. The van der Waals surface area contributed by atoms with Crippen LogP contribution >= 0.6 is 0 Å². The number of Topliss-reactive ketones (excluding diaryl/α,β-unsaturated/α-hetero) is 1. The van der Waals surface area contributed by atoms with Crippen molar-refractivity contribution in [2.45, 2.75) is 52.2 Å². The van der Waals surface area contributed by atoms with Crippen molar-refractivity contribution in [3.63, 3.8) is 0 Å². The molecule has 1 rings (SSSR count). The molecular weight excluding hydrogens is 268 g/mol. The zero-order valence-electron chi connectivity index (χ0n) is 13.7. The highest BCUT2D eigenvalue weighted by Crippen LogP contribution is 2.40. The summed E-state index contributed by atoms with van der Waals surface area (Å²) in [4.78, 5) is 11.7. The molecule has 0 aliphatic rings. The Kier molecular flexibility index (Phi) is 5.03. The van der Waals surface area contributed by atoms with E-state index < -0.39 is 8.32 Å². The maximum Gasteiger partial charge on any atom is 0.250 e. The van der Waals surface area contributed by atoms with Gasteiger partial charge in [0.05, 0.1) is 7.11 Å². The van der Waals surface area contributed by atoms with Gasteiger partial charge >= 0.3 is 0 Å². The van der Waals surface area contributed by atoms with Crippen LogP contribution in [-0.2, 0) is 0 Å². The van der Waals surface area contributed by atoms with Gasteiger partial charge < -0.3 is 9.16 Å². The van der Waals surface area contributed by atoms with Crippen LogP contribution in [-0.4, -0.2) is 21.2 Å². The molecule has 4 heteroatoms. The first-order chi connectivity index (χ1) is 9.12. The predicted molar refractivity (Wildman–Crippen MR) is 85.4 cm³/mol. The van der Waals surface area contributed by atoms with E-state index in [4.69, 9.17) is 9.16 Å². The number of rotatable bonds is 5. The molecule has 0 atom stereocenters. The minimum atomic E-state index is -1.91. The molecule has 0 radical (unpaired) electrons. The van der Waals surface area contributed by atoms with Gasteiger partial charge in [0, 0.05) is 12.0 Å². The monoisotopic (exact) mass is 294 g/mol. The van der Waals surface area contributed by atoms with Crippen LogP contribution in [0.3, 0.4) is 0 Å². The van der Waals surface area contributed by atoms with E-state index >= 15 is 0 Å². The molecule has 1 aromatic carbocycles. The maximum absolute atomic E-state index is 11.7. The predicted octanol–water partition coefficient (Wildman–Crippen LogP) is 4.67. The van der Waals surface area contributed by atoms with Crippen LogP contribution in [0.4, 0.5) is 0 Å². The van der Waals surface area contributed by atoms with Crippen molar-refractivity contribution in [2.75, 3.05) is 7.11 Å². The normalized spacial score (nSPS) is 12.2. The summed E-state index contributed by atoms with van der Waals surface area (Å²) in [7, 11) is -0.306. The number of hydrogen-bond acceptors (Lipinski definition) is 3. The number of carbonyl (C=O) groups excluding carboxylic acids is 1. The first-order valence-electron chi connectivity index (χ1n) is 7.02. The Bertz CT molecular complexity index is 487. The number of ketones is 1. The Balaban J connectivity index is 3.11. The summed E-state index contributed by atoms with van der Waals surface area (Å²) in [5.74, 6) is 1.48. The lowest BCUT2D eigenvalue weighted by molar-refractivity contribution is 0.0988. The van der Waals surface area contributed by atoms with Crippen molar-refractivity contribution in [1.29, 1.82) is 0 Å². The van der Waals surface area contributed by atoms with Gasteiger partial charge in [0.1, 0.15) is 5.75 Å². The summed E-state index contributed by atoms with van der Waals surface area (Å²) < 4.78 is 11.6. The van der Waals surface area contributed by atoms with E-state index in [0.29, 0.717) is 17.7 Å². The second kappa shape index (κ2) is 6.00. The average molecular weight is 294 g/mol. The van der Waals surface area contributed by atoms with Gasteiger partial charge in [0.2, 0.25) is 0 Å². The molecule has 20 heavy (non-hydrogen) atoms. The Hall–Kier alpha value is -1.29. The van der Waals surface area contributed by atoms with E-state index in [2.05, 4.69) is 33.9 Å². The first-order valence-corrected chi connectivity index (χ1v) is 9.93. The molecule has 112 valence electrons. The second-order valence-electron chi connectivity index (χ2n) is 6.50. The molecule has 0 saturated heterocycles. The van der Waals surface area contributed by atoms with E-state index in [-0.39, 0.29) is 10.8 Å². The van der Waals surface area contributed by atoms with Gasteiger partial charge in [-0.3, -0.25) is 4.79 Å². The van der Waals surface area contributed by atoms with E-state index in [1.165, 1.54) is 0 Å². The summed E-state index contributed by atoms with van der Waals surface area (Å²) >= 11 is 0. The van der Waals surface area contributed by atoms with Crippen molar-refractivity contribution >= 4 is 14.1 Å². The molecule has 0 saturated carbocycles. The van der Waals surface area contributed by atoms with Crippen LogP contribution in [0, 0.1) is 0 Å². The van der Waals surface area contributed by atoms with E-state index in [0.717, 1.165) is 5.75 Å². The molecule has 0 heterocycles. The third-order valence-electron chi connectivity index (χ3n) is 3.98. The highest BCUT2D eigenvalue weighted by molar-refractivity contribution is 6.74. The number of benzene rings is 1. The summed E-state index contributed by atoms with van der Waals surface area (Å²) in [5.41, 5.74) is 0.673. The molecule has 0 unspecified atom stereocenters. The number of methoxy groups -OCH3 is 1. The Morgan fingerprint density at radius 3 is 2.25 bits per heavy atom. The maximum atomic E-state index is 11.7. The molecule has 0 N–H and O–H groups in total. The van der Waals surface area contributed by atoms with E-state index in [1.54, 1.807) is 13.2 Å². The fourth-order valence-electron chi connectivity index (χ4n) is 1.56. The lowest BCUT2D eigenvalue weighted by atomic mass is 10.1. The summed E-state index contributed by atoms with van der Waals surface area (Å²) in [5, 5.41) is 0.121. The Labute approximate surface area is 123 Å². The number of hydrogen-bond donors (Lipinski definition) is 0. The zero-order valence-corrected chi connectivity index (χ0v) is 14.7. The van der Waals surface area contributed by atoms with Gasteiger partial charge in [0.25, 0.3) is 8.32 Å². The molecule has 0 aromatic heterocycles. The third kappa shape index (κ3) is 3.63. The minimum absolute atomic E-state index is 0.113. The smallest absolute Gasteiger partial charge is 0.250 e. The molecule has 0 aliphatic heterocycles. The van der Waals surface area contributed by atoms with Gasteiger partial charge in [-0.2, -0.15) is 0 Å². The van der Waals surface area contributed by atoms with Crippen LogP contribution in [0.15, 0.2) is 18.2 Å². The van der Waals surface area contributed by atoms with Gasteiger partial charge in [-0.15, -0.1) is 0 Å². The van der Waals surface area contributed by atoms with Crippen molar-refractivity contribution in [2.24, 2.45) is 0 Å². The molecule has 0 amide bonds. The Morgan fingerprint density at radius 2 is 1.80 bits per heavy atom. The summed E-state index contributed by atoms with van der Waals surface area (Å²) in [6.45, 7) is 12.8. The topological polar surface area (TPSA) is 35.5 Å².